The molecule has 0 aromatic rings. The van der Waals surface area contributed by atoms with Crippen molar-refractivity contribution in [1.29, 1.82) is 0 Å². The van der Waals surface area contributed by atoms with Crippen LogP contribution in [0.2, 0.25) is 0 Å². The van der Waals surface area contributed by atoms with Gasteiger partial charge in [-0.3, -0.25) is 24.0 Å². The predicted octanol–water partition coefficient (Wildman–Crippen LogP) is -0.0361. The van der Waals surface area contributed by atoms with Gasteiger partial charge in [0.1, 0.15) is 18.8 Å². The van der Waals surface area contributed by atoms with Crippen molar-refractivity contribution in [2.45, 2.75) is 91.1 Å². The molecule has 5 atom stereocenters. The van der Waals surface area contributed by atoms with E-state index in [-0.39, 0.29) is 19.1 Å². The van der Waals surface area contributed by atoms with E-state index in [9.17, 15) is 24.0 Å². The number of rotatable bonds is 11. The van der Waals surface area contributed by atoms with Gasteiger partial charge in [0.25, 0.3) is 0 Å². The van der Waals surface area contributed by atoms with Crippen LogP contribution in [0.3, 0.4) is 0 Å². The summed E-state index contributed by atoms with van der Waals surface area (Å²) in [6.07, 6.45) is -4.39. The quantitative estimate of drug-likeness (QED) is 0.235. The zero-order valence-electron chi connectivity index (χ0n) is 19.9. The molecule has 0 radical (unpaired) electrons. The van der Waals surface area contributed by atoms with Gasteiger partial charge in [0.15, 0.2) is 12.2 Å². The molecule has 0 spiro atoms. The smallest absolute Gasteiger partial charge is 0.305 e. The Kier molecular flexibility index (Phi) is 11.8. The van der Waals surface area contributed by atoms with E-state index in [2.05, 4.69) is 10.6 Å². The summed E-state index contributed by atoms with van der Waals surface area (Å²) in [6.45, 7) is 8.79. The van der Waals surface area contributed by atoms with E-state index in [0.717, 1.165) is 20.8 Å². The van der Waals surface area contributed by atoms with Crippen LogP contribution in [-0.4, -0.2) is 79.6 Å². The van der Waals surface area contributed by atoms with Gasteiger partial charge in [-0.25, -0.2) is 0 Å². The van der Waals surface area contributed by atoms with Crippen LogP contribution in [0.4, 0.5) is 0 Å². The van der Waals surface area contributed by atoms with Crippen LogP contribution in [0.25, 0.3) is 0 Å². The molecule has 12 heteroatoms. The first-order valence-corrected chi connectivity index (χ1v) is 10.7. The van der Waals surface area contributed by atoms with Crippen LogP contribution in [0.1, 0.15) is 54.4 Å². The van der Waals surface area contributed by atoms with Crippen molar-refractivity contribution in [3.8, 4) is 0 Å². The fraction of sp³-hybridized carbons (Fsp3) is 0.762. The first-order chi connectivity index (χ1) is 15.4. The summed E-state index contributed by atoms with van der Waals surface area (Å²) in [5, 5.41) is 5.85. The summed E-state index contributed by atoms with van der Waals surface area (Å²) in [6, 6.07) is -0.915. The van der Waals surface area contributed by atoms with Crippen molar-refractivity contribution in [3.63, 3.8) is 0 Å². The molecule has 0 saturated carbocycles. The highest BCUT2D eigenvalue weighted by Crippen LogP contribution is 2.28. The highest BCUT2D eigenvalue weighted by molar-refractivity contribution is 5.76. The van der Waals surface area contributed by atoms with Gasteiger partial charge >= 0.3 is 23.9 Å². The van der Waals surface area contributed by atoms with E-state index >= 15 is 0 Å². The monoisotopic (exact) mass is 474 g/mol. The number of carbonyl (C=O) groups is 5. The molecular formula is C21H34N2O10. The summed E-state index contributed by atoms with van der Waals surface area (Å²) in [5.41, 5.74) is 0. The number of hydrogen-bond acceptors (Lipinski definition) is 11. The Balaban J connectivity index is 3.16. The van der Waals surface area contributed by atoms with Gasteiger partial charge in [-0.05, 0) is 13.0 Å². The molecule has 0 aromatic heterocycles. The molecular weight excluding hydrogens is 440 g/mol. The fourth-order valence-corrected chi connectivity index (χ4v) is 3.22. The number of nitrogens with one attached hydrogen (secondary N) is 2. The second kappa shape index (κ2) is 13.7. The molecule has 2 N–H and O–H groups in total. The van der Waals surface area contributed by atoms with Gasteiger partial charge in [0.2, 0.25) is 12.2 Å². The summed E-state index contributed by atoms with van der Waals surface area (Å²) < 4.78 is 26.6. The first kappa shape index (κ1) is 28.3. The largest absolute Gasteiger partial charge is 0.463 e. The standard InChI is InChI=1S/C21H34N2O10/c1-11(2)22-9-7-8-17(28)23-18-20(31-14(5)26)19(30-13(4)25)16(10-29-12(3)24)33-21(18)32-15(6)27/h11,16,18-22H,7-10H2,1-6H3,(H,23,28). The third kappa shape index (κ3) is 10.6. The minimum atomic E-state index is -1.39. The maximum atomic E-state index is 12.6. The second-order valence-corrected chi connectivity index (χ2v) is 7.91. The van der Waals surface area contributed by atoms with E-state index in [0.29, 0.717) is 13.0 Å². The Hall–Kier alpha value is -2.73. The van der Waals surface area contributed by atoms with Crippen LogP contribution in [0.5, 0.6) is 0 Å². The van der Waals surface area contributed by atoms with E-state index in [1.165, 1.54) is 6.92 Å². The van der Waals surface area contributed by atoms with Gasteiger partial charge in [-0.15, -0.1) is 0 Å². The van der Waals surface area contributed by atoms with Crippen molar-refractivity contribution in [1.82, 2.24) is 10.6 Å². The number of ether oxygens (including phenoxy) is 5. The number of esters is 4. The summed E-state index contributed by atoms with van der Waals surface area (Å²) in [4.78, 5) is 59.1. The Morgan fingerprint density at radius 2 is 1.42 bits per heavy atom. The molecule has 1 amide bonds. The van der Waals surface area contributed by atoms with Crippen molar-refractivity contribution in [2.75, 3.05) is 13.2 Å². The first-order valence-electron chi connectivity index (χ1n) is 10.7. The Morgan fingerprint density at radius 3 is 1.94 bits per heavy atom. The van der Waals surface area contributed by atoms with Crippen LogP contribution in [0, 0.1) is 0 Å². The predicted molar refractivity (Wildman–Crippen MR) is 112 cm³/mol. The SMILES string of the molecule is CC(=O)OCC1OC(OC(C)=O)C(NC(=O)CCCNC(C)C)C(OC(C)=O)C1OC(C)=O. The van der Waals surface area contributed by atoms with Crippen LogP contribution < -0.4 is 10.6 Å². The Labute approximate surface area is 193 Å². The van der Waals surface area contributed by atoms with Gasteiger partial charge in [0, 0.05) is 40.2 Å². The molecule has 5 unspecified atom stereocenters. The van der Waals surface area contributed by atoms with Crippen molar-refractivity contribution < 1.29 is 47.7 Å². The zero-order valence-corrected chi connectivity index (χ0v) is 19.9. The normalized spacial score (nSPS) is 24.5. The van der Waals surface area contributed by atoms with Gasteiger partial charge in [0.05, 0.1) is 0 Å². The average molecular weight is 475 g/mol. The van der Waals surface area contributed by atoms with Crippen molar-refractivity contribution in [2.24, 2.45) is 0 Å². The summed E-state index contributed by atoms with van der Waals surface area (Å²) >= 11 is 0. The average Bonchev–Trinajstić information content (AvgIpc) is 2.67. The summed E-state index contributed by atoms with van der Waals surface area (Å²) in [5.74, 6) is -3.21. The third-order valence-electron chi connectivity index (χ3n) is 4.44. The highest BCUT2D eigenvalue weighted by atomic mass is 16.7. The molecule has 1 aliphatic rings. The molecule has 12 nitrogen and oxygen atoms in total. The number of carbonyl (C=O) groups excluding carboxylic acids is 5. The lowest BCUT2D eigenvalue weighted by Crippen LogP contribution is -2.67. The second-order valence-electron chi connectivity index (χ2n) is 7.91. The molecule has 1 rings (SSSR count). The lowest BCUT2D eigenvalue weighted by molar-refractivity contribution is -0.271. The van der Waals surface area contributed by atoms with Crippen LogP contribution >= 0.6 is 0 Å². The lowest BCUT2D eigenvalue weighted by atomic mass is 9.95. The van der Waals surface area contributed by atoms with E-state index in [1.807, 2.05) is 13.8 Å². The van der Waals surface area contributed by atoms with Crippen LogP contribution in [0.15, 0.2) is 0 Å². The summed E-state index contributed by atoms with van der Waals surface area (Å²) in [7, 11) is 0. The molecule has 188 valence electrons. The van der Waals surface area contributed by atoms with Crippen molar-refractivity contribution >= 4 is 29.8 Å². The minimum absolute atomic E-state index is 0.130. The maximum absolute atomic E-state index is 12.6. The maximum Gasteiger partial charge on any atom is 0.305 e. The molecule has 0 bridgehead atoms. The molecule has 33 heavy (non-hydrogen) atoms. The Bertz CT molecular complexity index is 711. The van der Waals surface area contributed by atoms with Gasteiger partial charge < -0.3 is 34.3 Å². The van der Waals surface area contributed by atoms with Crippen LogP contribution in [-0.2, 0) is 47.7 Å². The molecule has 0 aromatic carbocycles. The highest BCUT2D eigenvalue weighted by Gasteiger charge is 2.52. The fourth-order valence-electron chi connectivity index (χ4n) is 3.22. The topological polar surface area (TPSA) is 156 Å². The number of hydrogen-bond donors (Lipinski definition) is 2. The van der Waals surface area contributed by atoms with E-state index in [4.69, 9.17) is 23.7 Å². The van der Waals surface area contributed by atoms with E-state index in [1.54, 1.807) is 0 Å². The molecule has 1 saturated heterocycles. The molecule has 0 aliphatic carbocycles. The lowest BCUT2D eigenvalue weighted by Gasteiger charge is -2.44. The zero-order chi connectivity index (χ0) is 25.1. The van der Waals surface area contributed by atoms with Gasteiger partial charge in [-0.1, -0.05) is 13.8 Å². The Morgan fingerprint density at radius 1 is 0.848 bits per heavy atom. The number of amides is 1. The van der Waals surface area contributed by atoms with E-state index < -0.39 is 60.4 Å². The molecule has 1 heterocycles. The molecule has 1 aliphatic heterocycles. The molecule has 1 fully saturated rings. The third-order valence-corrected chi connectivity index (χ3v) is 4.44. The van der Waals surface area contributed by atoms with Gasteiger partial charge in [-0.2, -0.15) is 0 Å². The van der Waals surface area contributed by atoms with Crippen molar-refractivity contribution in [3.05, 3.63) is 0 Å². The minimum Gasteiger partial charge on any atom is -0.463 e.